The first kappa shape index (κ1) is 13.4. The molecule has 92 valence electrons. The lowest BCUT2D eigenvalue weighted by Crippen LogP contribution is -2.33. The van der Waals surface area contributed by atoms with Crippen molar-refractivity contribution in [3.8, 4) is 0 Å². The van der Waals surface area contributed by atoms with Gasteiger partial charge in [0.1, 0.15) is 0 Å². The third kappa shape index (κ3) is 3.71. The van der Waals surface area contributed by atoms with E-state index in [0.29, 0.717) is 5.56 Å². The fourth-order valence-electron chi connectivity index (χ4n) is 1.48. The van der Waals surface area contributed by atoms with Crippen molar-refractivity contribution < 1.29 is 18.3 Å². The number of sulfone groups is 1. The van der Waals surface area contributed by atoms with Crippen LogP contribution in [0.3, 0.4) is 0 Å². The second-order valence-electron chi connectivity index (χ2n) is 3.63. The van der Waals surface area contributed by atoms with Crippen LogP contribution in [0.2, 0.25) is 0 Å². The Hall–Kier alpha value is -1.62. The number of hydrogen-bond donors (Lipinski definition) is 1. The van der Waals surface area contributed by atoms with Gasteiger partial charge in [0.25, 0.3) is 0 Å². The van der Waals surface area contributed by atoms with Crippen molar-refractivity contribution >= 4 is 15.8 Å². The van der Waals surface area contributed by atoms with Crippen LogP contribution >= 0.6 is 0 Å². The van der Waals surface area contributed by atoms with Crippen molar-refractivity contribution in [2.45, 2.75) is 11.7 Å². The quantitative estimate of drug-likeness (QED) is 0.776. The number of rotatable bonds is 6. The summed E-state index contributed by atoms with van der Waals surface area (Å²) in [5, 5.41) is 7.57. The van der Waals surface area contributed by atoms with E-state index in [1.165, 1.54) is 6.08 Å². The van der Waals surface area contributed by atoms with E-state index < -0.39 is 21.1 Å². The maximum absolute atomic E-state index is 11.7. The molecule has 1 unspecified atom stereocenters. The molecule has 0 aliphatic heterocycles. The fourth-order valence-corrected chi connectivity index (χ4v) is 2.79. The third-order valence-electron chi connectivity index (χ3n) is 2.32. The Balaban J connectivity index is 2.96. The van der Waals surface area contributed by atoms with E-state index in [0.717, 1.165) is 0 Å². The average molecular weight is 254 g/mol. The smallest absolute Gasteiger partial charge is 0.322 e. The molecule has 0 saturated heterocycles. The fraction of sp³-hybridized carbons (Fsp3) is 0.250. The minimum absolute atomic E-state index is 0.0215. The normalized spacial score (nSPS) is 12.9. The van der Waals surface area contributed by atoms with Gasteiger partial charge in [-0.25, -0.2) is 8.42 Å². The first-order chi connectivity index (χ1) is 7.97. The maximum atomic E-state index is 11.7. The van der Waals surface area contributed by atoms with Gasteiger partial charge in [-0.15, -0.1) is 6.58 Å². The molecular weight excluding hydrogens is 240 g/mol. The van der Waals surface area contributed by atoms with E-state index in [1.807, 2.05) is 0 Å². The molecule has 0 radical (unpaired) electrons. The van der Waals surface area contributed by atoms with E-state index in [-0.39, 0.29) is 12.2 Å². The van der Waals surface area contributed by atoms with Crippen LogP contribution in [0.4, 0.5) is 0 Å². The molecule has 0 aliphatic rings. The van der Waals surface area contributed by atoms with E-state index in [1.54, 1.807) is 30.3 Å². The topological polar surface area (TPSA) is 71.4 Å². The summed E-state index contributed by atoms with van der Waals surface area (Å²) in [5.74, 6) is -1.65. The predicted octanol–water partition coefficient (Wildman–Crippen LogP) is 1.28. The molecule has 0 fully saturated rings. The zero-order chi connectivity index (χ0) is 12.9. The van der Waals surface area contributed by atoms with Gasteiger partial charge in [0, 0.05) is 0 Å². The zero-order valence-corrected chi connectivity index (χ0v) is 10.1. The zero-order valence-electron chi connectivity index (χ0n) is 9.24. The Labute approximate surface area is 101 Å². The first-order valence-electron chi connectivity index (χ1n) is 5.06. The largest absolute Gasteiger partial charge is 0.480 e. The Morgan fingerprint density at radius 1 is 1.35 bits per heavy atom. The molecule has 1 aromatic rings. The standard InChI is InChI=1S/C12H14O4S/c1-2-8-17(15,16)11(12(13)14)9-10-6-4-3-5-7-10/h2-7,11H,1,8-9H2,(H,13,14). The SMILES string of the molecule is C=CCS(=O)(=O)C(Cc1ccccc1)C(=O)O. The van der Waals surface area contributed by atoms with E-state index in [2.05, 4.69) is 6.58 Å². The minimum Gasteiger partial charge on any atom is -0.480 e. The monoisotopic (exact) mass is 254 g/mol. The average Bonchev–Trinajstić information content (AvgIpc) is 2.26. The molecule has 0 bridgehead atoms. The van der Waals surface area contributed by atoms with E-state index in [4.69, 9.17) is 5.11 Å². The van der Waals surface area contributed by atoms with Crippen molar-refractivity contribution in [1.82, 2.24) is 0 Å². The van der Waals surface area contributed by atoms with Crippen molar-refractivity contribution in [2.75, 3.05) is 5.75 Å². The van der Waals surface area contributed by atoms with Gasteiger partial charge >= 0.3 is 5.97 Å². The third-order valence-corrected chi connectivity index (χ3v) is 4.26. The van der Waals surface area contributed by atoms with Crippen molar-refractivity contribution in [2.24, 2.45) is 0 Å². The summed E-state index contributed by atoms with van der Waals surface area (Å²) in [6.45, 7) is 3.32. The van der Waals surface area contributed by atoms with Gasteiger partial charge in [-0.1, -0.05) is 36.4 Å². The van der Waals surface area contributed by atoms with Crippen molar-refractivity contribution in [3.63, 3.8) is 0 Å². The summed E-state index contributed by atoms with van der Waals surface area (Å²) in [6.07, 6.45) is 1.18. The lowest BCUT2D eigenvalue weighted by molar-refractivity contribution is -0.136. The summed E-state index contributed by atoms with van der Waals surface area (Å²) in [5.41, 5.74) is 0.688. The Bertz CT molecular complexity index is 490. The lowest BCUT2D eigenvalue weighted by Gasteiger charge is -2.12. The van der Waals surface area contributed by atoms with Crippen LogP contribution in [-0.2, 0) is 21.1 Å². The highest BCUT2D eigenvalue weighted by molar-refractivity contribution is 7.92. The van der Waals surface area contributed by atoms with Crippen LogP contribution in [0.1, 0.15) is 5.56 Å². The highest BCUT2D eigenvalue weighted by Crippen LogP contribution is 2.12. The summed E-state index contributed by atoms with van der Waals surface area (Å²) in [4.78, 5) is 11.0. The highest BCUT2D eigenvalue weighted by atomic mass is 32.2. The molecule has 1 rings (SSSR count). The Morgan fingerprint density at radius 2 is 1.94 bits per heavy atom. The second-order valence-corrected chi connectivity index (χ2v) is 5.86. The first-order valence-corrected chi connectivity index (χ1v) is 6.78. The number of carbonyl (C=O) groups is 1. The molecule has 1 N–H and O–H groups in total. The molecule has 0 aromatic heterocycles. The number of carboxylic acids is 1. The van der Waals surface area contributed by atoms with E-state index >= 15 is 0 Å². The number of hydrogen-bond acceptors (Lipinski definition) is 3. The maximum Gasteiger partial charge on any atom is 0.322 e. The molecule has 0 aliphatic carbocycles. The van der Waals surface area contributed by atoms with Crippen molar-refractivity contribution in [1.29, 1.82) is 0 Å². The molecule has 4 nitrogen and oxygen atoms in total. The summed E-state index contributed by atoms with van der Waals surface area (Å²) in [6, 6.07) is 8.69. The summed E-state index contributed by atoms with van der Waals surface area (Å²) >= 11 is 0. The molecule has 0 heterocycles. The van der Waals surface area contributed by atoms with Gasteiger partial charge < -0.3 is 5.11 Å². The summed E-state index contributed by atoms with van der Waals surface area (Å²) < 4.78 is 23.4. The van der Waals surface area contributed by atoms with Crippen LogP contribution in [0, 0.1) is 0 Å². The van der Waals surface area contributed by atoms with E-state index in [9.17, 15) is 13.2 Å². The highest BCUT2D eigenvalue weighted by Gasteiger charge is 2.31. The van der Waals surface area contributed by atoms with Gasteiger partial charge in [-0.3, -0.25) is 4.79 Å². The van der Waals surface area contributed by atoms with Crippen molar-refractivity contribution in [3.05, 3.63) is 48.6 Å². The second kappa shape index (κ2) is 5.63. The summed E-state index contributed by atoms with van der Waals surface area (Å²) in [7, 11) is -3.69. The lowest BCUT2D eigenvalue weighted by atomic mass is 10.1. The molecular formula is C12H14O4S. The van der Waals surface area contributed by atoms with Gasteiger partial charge in [-0.05, 0) is 12.0 Å². The molecule has 1 aromatic carbocycles. The molecule has 5 heteroatoms. The predicted molar refractivity (Wildman–Crippen MR) is 65.6 cm³/mol. The molecule has 0 saturated carbocycles. The van der Waals surface area contributed by atoms with Crippen LogP contribution in [-0.4, -0.2) is 30.5 Å². The van der Waals surface area contributed by atoms with Crippen LogP contribution in [0.5, 0.6) is 0 Å². The van der Waals surface area contributed by atoms with Gasteiger partial charge in [-0.2, -0.15) is 0 Å². The Kier molecular flexibility index (Phi) is 4.45. The number of carboxylic acid groups (broad SMARTS) is 1. The van der Waals surface area contributed by atoms with Crippen LogP contribution in [0.15, 0.2) is 43.0 Å². The number of benzene rings is 1. The van der Waals surface area contributed by atoms with Crippen LogP contribution < -0.4 is 0 Å². The minimum atomic E-state index is -3.69. The van der Waals surface area contributed by atoms with Gasteiger partial charge in [0.2, 0.25) is 0 Å². The molecule has 1 atom stereocenters. The van der Waals surface area contributed by atoms with Gasteiger partial charge in [0.15, 0.2) is 15.1 Å². The number of aliphatic carboxylic acids is 1. The molecule has 0 amide bonds. The molecule has 17 heavy (non-hydrogen) atoms. The van der Waals surface area contributed by atoms with Crippen LogP contribution in [0.25, 0.3) is 0 Å². The molecule has 0 spiro atoms. The van der Waals surface area contributed by atoms with Gasteiger partial charge in [0.05, 0.1) is 5.75 Å². The Morgan fingerprint density at radius 3 is 2.41 bits per heavy atom.